The summed E-state index contributed by atoms with van der Waals surface area (Å²) in [7, 11) is 0. The van der Waals surface area contributed by atoms with E-state index in [-0.39, 0.29) is 33.3 Å². The average molecular weight is 307 g/mol. The number of ether oxygens (including phenoxy) is 1. The summed E-state index contributed by atoms with van der Waals surface area (Å²) in [5, 5.41) is 19.9. The second-order valence-electron chi connectivity index (χ2n) is 4.15. The van der Waals surface area contributed by atoms with Gasteiger partial charge < -0.3 is 4.74 Å². The standard InChI is InChI=1S/C14H8ClFN2O3/c1-8-5-14(11(16)6-12(8)18(19)20)21-13-4-2-3-10(15)9(13)7-17/h2-6H,1H3. The molecule has 106 valence electrons. The zero-order valence-corrected chi connectivity index (χ0v) is 11.5. The zero-order chi connectivity index (χ0) is 15.6. The van der Waals surface area contributed by atoms with E-state index in [0.29, 0.717) is 0 Å². The van der Waals surface area contributed by atoms with Gasteiger partial charge in [-0.3, -0.25) is 10.1 Å². The number of halogens is 2. The van der Waals surface area contributed by atoms with Gasteiger partial charge in [-0.25, -0.2) is 4.39 Å². The molecule has 5 nitrogen and oxygen atoms in total. The second kappa shape index (κ2) is 5.77. The van der Waals surface area contributed by atoms with E-state index in [2.05, 4.69) is 0 Å². The summed E-state index contributed by atoms with van der Waals surface area (Å²) in [5.41, 5.74) is -0.0297. The SMILES string of the molecule is Cc1cc(Oc2cccc(Cl)c2C#N)c(F)cc1[N+](=O)[O-]. The first kappa shape index (κ1) is 14.8. The maximum atomic E-state index is 13.9. The van der Waals surface area contributed by atoms with Crippen LogP contribution in [0.2, 0.25) is 5.02 Å². The van der Waals surface area contributed by atoms with Crippen LogP contribution in [0.3, 0.4) is 0 Å². The van der Waals surface area contributed by atoms with Crippen LogP contribution in [0.15, 0.2) is 30.3 Å². The first-order valence-corrected chi connectivity index (χ1v) is 6.13. The molecule has 0 fully saturated rings. The molecule has 0 heterocycles. The molecule has 21 heavy (non-hydrogen) atoms. The van der Waals surface area contributed by atoms with Crippen molar-refractivity contribution in [2.75, 3.05) is 0 Å². The Kier molecular flexibility index (Phi) is 4.05. The van der Waals surface area contributed by atoms with Crippen LogP contribution in [-0.2, 0) is 0 Å². The zero-order valence-electron chi connectivity index (χ0n) is 10.8. The van der Waals surface area contributed by atoms with Gasteiger partial charge in [-0.2, -0.15) is 5.26 Å². The minimum absolute atomic E-state index is 0.0644. The largest absolute Gasteiger partial charge is 0.453 e. The summed E-state index contributed by atoms with van der Waals surface area (Å²) in [6.45, 7) is 1.47. The van der Waals surface area contributed by atoms with Crippen molar-refractivity contribution in [1.82, 2.24) is 0 Å². The molecule has 0 radical (unpaired) electrons. The van der Waals surface area contributed by atoms with Gasteiger partial charge in [-0.15, -0.1) is 0 Å². The number of hydrogen-bond donors (Lipinski definition) is 0. The summed E-state index contributed by atoms with van der Waals surface area (Å²) in [6.07, 6.45) is 0. The predicted octanol–water partition coefficient (Wildman–Crippen LogP) is 4.36. The third-order valence-corrected chi connectivity index (χ3v) is 3.07. The van der Waals surface area contributed by atoms with Gasteiger partial charge in [0.25, 0.3) is 5.69 Å². The number of benzene rings is 2. The molecule has 0 aliphatic heterocycles. The normalized spacial score (nSPS) is 10.0. The van der Waals surface area contributed by atoms with Gasteiger partial charge in [0.1, 0.15) is 17.4 Å². The highest BCUT2D eigenvalue weighted by atomic mass is 35.5. The Morgan fingerprint density at radius 1 is 1.38 bits per heavy atom. The fourth-order valence-corrected chi connectivity index (χ4v) is 1.94. The molecule has 0 bridgehead atoms. The van der Waals surface area contributed by atoms with Crippen molar-refractivity contribution >= 4 is 17.3 Å². The molecule has 0 amide bonds. The van der Waals surface area contributed by atoms with Gasteiger partial charge >= 0.3 is 0 Å². The van der Waals surface area contributed by atoms with Crippen LogP contribution in [0.25, 0.3) is 0 Å². The lowest BCUT2D eigenvalue weighted by Gasteiger charge is -2.10. The molecular weight excluding hydrogens is 299 g/mol. The molecule has 2 aromatic carbocycles. The van der Waals surface area contributed by atoms with E-state index in [1.165, 1.54) is 25.1 Å². The molecule has 0 aliphatic rings. The molecular formula is C14H8ClFN2O3. The number of nitro groups is 1. The van der Waals surface area contributed by atoms with E-state index >= 15 is 0 Å². The number of nitro benzene ring substituents is 1. The first-order valence-electron chi connectivity index (χ1n) is 5.75. The summed E-state index contributed by atoms with van der Waals surface area (Å²) >= 11 is 5.85. The van der Waals surface area contributed by atoms with E-state index in [0.717, 1.165) is 6.07 Å². The third kappa shape index (κ3) is 2.93. The van der Waals surface area contributed by atoms with Crippen molar-refractivity contribution in [3.63, 3.8) is 0 Å². The Balaban J connectivity index is 2.47. The van der Waals surface area contributed by atoms with E-state index < -0.39 is 10.7 Å². The van der Waals surface area contributed by atoms with Gasteiger partial charge in [0.15, 0.2) is 11.6 Å². The summed E-state index contributed by atoms with van der Waals surface area (Å²) < 4.78 is 19.2. The van der Waals surface area contributed by atoms with Crippen molar-refractivity contribution in [3.05, 3.63) is 62.4 Å². The number of nitriles is 1. The van der Waals surface area contributed by atoms with Crippen molar-refractivity contribution in [1.29, 1.82) is 5.26 Å². The molecule has 2 aromatic rings. The fourth-order valence-electron chi connectivity index (χ4n) is 1.74. The minimum Gasteiger partial charge on any atom is -0.453 e. The van der Waals surface area contributed by atoms with E-state index in [9.17, 15) is 14.5 Å². The number of aryl methyl sites for hydroxylation is 1. The Labute approximate surface area is 124 Å². The van der Waals surface area contributed by atoms with Gasteiger partial charge in [-0.1, -0.05) is 17.7 Å². The van der Waals surface area contributed by atoms with Crippen LogP contribution < -0.4 is 4.74 Å². The predicted molar refractivity (Wildman–Crippen MR) is 74.0 cm³/mol. The van der Waals surface area contributed by atoms with Crippen molar-refractivity contribution in [2.24, 2.45) is 0 Å². The molecule has 0 aromatic heterocycles. The smallest absolute Gasteiger partial charge is 0.275 e. The Morgan fingerprint density at radius 2 is 2.10 bits per heavy atom. The van der Waals surface area contributed by atoms with Gasteiger partial charge in [-0.05, 0) is 25.1 Å². The Hall–Kier alpha value is -2.65. The topological polar surface area (TPSA) is 76.2 Å². The van der Waals surface area contributed by atoms with Gasteiger partial charge in [0.05, 0.1) is 16.0 Å². The van der Waals surface area contributed by atoms with Crippen molar-refractivity contribution in [2.45, 2.75) is 6.92 Å². The van der Waals surface area contributed by atoms with E-state index in [4.69, 9.17) is 21.6 Å². The fraction of sp³-hybridized carbons (Fsp3) is 0.0714. The lowest BCUT2D eigenvalue weighted by molar-refractivity contribution is -0.385. The molecule has 0 unspecified atom stereocenters. The average Bonchev–Trinajstić information content (AvgIpc) is 2.42. The lowest BCUT2D eigenvalue weighted by Crippen LogP contribution is -1.97. The Morgan fingerprint density at radius 3 is 2.71 bits per heavy atom. The molecule has 7 heteroatoms. The molecule has 2 rings (SSSR count). The van der Waals surface area contributed by atoms with E-state index in [1.807, 2.05) is 6.07 Å². The van der Waals surface area contributed by atoms with Gasteiger partial charge in [0, 0.05) is 5.56 Å². The molecule has 0 aliphatic carbocycles. The van der Waals surface area contributed by atoms with Crippen LogP contribution in [0.4, 0.5) is 10.1 Å². The number of hydrogen-bond acceptors (Lipinski definition) is 4. The van der Waals surface area contributed by atoms with Crippen LogP contribution in [0.5, 0.6) is 11.5 Å². The number of nitrogens with zero attached hydrogens (tertiary/aromatic N) is 2. The molecule has 0 saturated heterocycles. The van der Waals surface area contributed by atoms with Crippen molar-refractivity contribution < 1.29 is 14.1 Å². The highest BCUT2D eigenvalue weighted by molar-refractivity contribution is 6.31. The quantitative estimate of drug-likeness (QED) is 0.623. The van der Waals surface area contributed by atoms with Crippen molar-refractivity contribution in [3.8, 4) is 17.6 Å². The summed E-state index contributed by atoms with van der Waals surface area (Å²) in [5.74, 6) is -1.02. The molecule has 0 N–H and O–H groups in total. The van der Waals surface area contributed by atoms with Crippen LogP contribution in [0.1, 0.15) is 11.1 Å². The third-order valence-electron chi connectivity index (χ3n) is 2.75. The van der Waals surface area contributed by atoms with Crippen LogP contribution in [0, 0.1) is 34.2 Å². The second-order valence-corrected chi connectivity index (χ2v) is 4.56. The molecule has 0 atom stereocenters. The summed E-state index contributed by atoms with van der Waals surface area (Å²) in [6, 6.07) is 8.36. The minimum atomic E-state index is -0.892. The van der Waals surface area contributed by atoms with Gasteiger partial charge in [0.2, 0.25) is 0 Å². The maximum Gasteiger partial charge on any atom is 0.275 e. The highest BCUT2D eigenvalue weighted by Gasteiger charge is 2.18. The lowest BCUT2D eigenvalue weighted by atomic mass is 10.2. The molecule has 0 saturated carbocycles. The summed E-state index contributed by atoms with van der Waals surface area (Å²) in [4.78, 5) is 10.0. The first-order chi connectivity index (χ1) is 9.93. The Bertz CT molecular complexity index is 772. The maximum absolute atomic E-state index is 13.9. The highest BCUT2D eigenvalue weighted by Crippen LogP contribution is 2.33. The van der Waals surface area contributed by atoms with Crippen LogP contribution in [-0.4, -0.2) is 4.92 Å². The monoisotopic (exact) mass is 306 g/mol. The van der Waals surface area contributed by atoms with E-state index in [1.54, 1.807) is 6.07 Å². The van der Waals surface area contributed by atoms with Crippen LogP contribution >= 0.6 is 11.6 Å². The number of rotatable bonds is 3. The molecule has 0 spiro atoms.